The van der Waals surface area contributed by atoms with Crippen molar-refractivity contribution in [1.29, 1.82) is 0 Å². The lowest BCUT2D eigenvalue weighted by Gasteiger charge is -2.35. The van der Waals surface area contributed by atoms with E-state index in [9.17, 15) is 24.3 Å². The first-order valence-corrected chi connectivity index (χ1v) is 19.8. The Morgan fingerprint density at radius 1 is 1.11 bits per heavy atom. The molecular formula is C40H52N6O8S. The van der Waals surface area contributed by atoms with Gasteiger partial charge in [-0.2, -0.15) is 0 Å². The Labute approximate surface area is 325 Å². The predicted molar refractivity (Wildman–Crippen MR) is 209 cm³/mol. The van der Waals surface area contributed by atoms with E-state index in [1.54, 1.807) is 7.11 Å². The SMILES string of the molecule is C=C[C@@H]1C[C@]1(NC(=O)[C@@H]1C[C@@H](Oc2cc(-c3nc(NC(C)C)cs3)nc3c(C)c(OC)ccc23)CN1C(=O)[C@@H](NC(=O)OC1CCCC1)C(C)(C)C)C(=O)O. The summed E-state index contributed by atoms with van der Waals surface area (Å²) in [5.41, 5.74) is -0.268. The van der Waals surface area contributed by atoms with Crippen LogP contribution in [-0.2, 0) is 19.1 Å². The van der Waals surface area contributed by atoms with Crippen LogP contribution < -0.4 is 25.4 Å². The summed E-state index contributed by atoms with van der Waals surface area (Å²) in [6.07, 6.45) is 3.63. The highest BCUT2D eigenvalue weighted by atomic mass is 32.1. The summed E-state index contributed by atoms with van der Waals surface area (Å²) < 4.78 is 18.0. The predicted octanol–water partition coefficient (Wildman–Crippen LogP) is 6.07. The van der Waals surface area contributed by atoms with Gasteiger partial charge in [-0.15, -0.1) is 17.9 Å². The largest absolute Gasteiger partial charge is 0.496 e. The number of carboxylic acids is 1. The molecule has 0 bridgehead atoms. The number of nitrogens with zero attached hydrogens (tertiary/aromatic N) is 3. The molecule has 2 aliphatic carbocycles. The molecule has 15 heteroatoms. The first-order chi connectivity index (χ1) is 26.0. The lowest BCUT2D eigenvalue weighted by atomic mass is 9.85. The second-order valence-corrected chi connectivity index (χ2v) is 17.0. The van der Waals surface area contributed by atoms with Gasteiger partial charge in [0.1, 0.15) is 57.8 Å². The van der Waals surface area contributed by atoms with E-state index in [0.717, 1.165) is 37.1 Å². The fourth-order valence-electron chi connectivity index (χ4n) is 7.56. The van der Waals surface area contributed by atoms with Crippen LogP contribution in [0.2, 0.25) is 0 Å². The molecule has 3 aliphatic rings. The van der Waals surface area contributed by atoms with Gasteiger partial charge in [0.25, 0.3) is 0 Å². The van der Waals surface area contributed by atoms with E-state index in [-0.39, 0.29) is 31.5 Å². The van der Waals surface area contributed by atoms with E-state index in [2.05, 4.69) is 22.5 Å². The highest BCUT2D eigenvalue weighted by Crippen LogP contribution is 2.45. The number of rotatable bonds is 13. The lowest BCUT2D eigenvalue weighted by molar-refractivity contribution is -0.146. The number of alkyl carbamates (subject to hydrolysis) is 1. The van der Waals surface area contributed by atoms with Crippen molar-refractivity contribution in [1.82, 2.24) is 25.5 Å². The number of carboxylic acid groups (broad SMARTS) is 1. The molecule has 14 nitrogen and oxygen atoms in total. The van der Waals surface area contributed by atoms with Crippen LogP contribution in [-0.4, -0.2) is 93.4 Å². The van der Waals surface area contributed by atoms with Crippen LogP contribution in [0.15, 0.2) is 36.2 Å². The number of ether oxygens (including phenoxy) is 3. The van der Waals surface area contributed by atoms with Crippen LogP contribution in [0.5, 0.6) is 11.5 Å². The summed E-state index contributed by atoms with van der Waals surface area (Å²) in [7, 11) is 1.59. The maximum Gasteiger partial charge on any atom is 0.408 e. The third-order valence-electron chi connectivity index (χ3n) is 10.6. The molecule has 3 fully saturated rings. The Balaban J connectivity index is 1.34. The summed E-state index contributed by atoms with van der Waals surface area (Å²) in [6.45, 7) is 15.2. The average molecular weight is 777 g/mol. The van der Waals surface area contributed by atoms with Crippen LogP contribution >= 0.6 is 11.3 Å². The number of pyridine rings is 1. The number of methoxy groups -OCH3 is 1. The minimum absolute atomic E-state index is 0.0121. The molecule has 2 saturated carbocycles. The topological polar surface area (TPSA) is 181 Å². The smallest absolute Gasteiger partial charge is 0.408 e. The number of anilines is 1. The maximum atomic E-state index is 14.6. The number of aliphatic carboxylic acids is 1. The third kappa shape index (κ3) is 8.36. The number of aromatic nitrogens is 2. The molecule has 0 radical (unpaired) electrons. The number of hydrogen-bond acceptors (Lipinski definition) is 11. The second-order valence-electron chi connectivity index (χ2n) is 16.2. The Morgan fingerprint density at radius 3 is 2.45 bits per heavy atom. The van der Waals surface area contributed by atoms with Crippen molar-refractivity contribution in [3.05, 3.63) is 41.8 Å². The van der Waals surface area contributed by atoms with Crippen LogP contribution in [0, 0.1) is 18.3 Å². The van der Waals surface area contributed by atoms with Gasteiger partial charge in [-0.3, -0.25) is 9.59 Å². The highest BCUT2D eigenvalue weighted by molar-refractivity contribution is 7.13. The van der Waals surface area contributed by atoms with Crippen LogP contribution in [0.1, 0.15) is 78.7 Å². The van der Waals surface area contributed by atoms with Crippen molar-refractivity contribution in [3.8, 4) is 22.2 Å². The van der Waals surface area contributed by atoms with Gasteiger partial charge in [0.2, 0.25) is 11.8 Å². The van der Waals surface area contributed by atoms with Gasteiger partial charge in [-0.05, 0) is 70.4 Å². The van der Waals surface area contributed by atoms with E-state index in [1.807, 2.05) is 65.1 Å². The van der Waals surface area contributed by atoms with Gasteiger partial charge in [0.15, 0.2) is 0 Å². The van der Waals surface area contributed by atoms with E-state index in [0.29, 0.717) is 33.1 Å². The monoisotopic (exact) mass is 776 g/mol. The van der Waals surface area contributed by atoms with Crippen molar-refractivity contribution in [2.45, 2.75) is 116 Å². The lowest BCUT2D eigenvalue weighted by Crippen LogP contribution is -2.59. The van der Waals surface area contributed by atoms with Gasteiger partial charge in [-0.25, -0.2) is 19.6 Å². The normalized spacial score (nSPS) is 23.0. The molecule has 3 aromatic rings. The molecule has 0 unspecified atom stereocenters. The number of nitrogens with one attached hydrogen (secondary N) is 3. The van der Waals surface area contributed by atoms with Crippen molar-refractivity contribution in [2.24, 2.45) is 11.3 Å². The quantitative estimate of drug-likeness (QED) is 0.148. The van der Waals surface area contributed by atoms with Gasteiger partial charge in [0, 0.05) is 40.8 Å². The van der Waals surface area contributed by atoms with E-state index < -0.39 is 58.9 Å². The number of carbonyl (C=O) groups excluding carboxylic acids is 3. The Morgan fingerprint density at radius 2 is 1.84 bits per heavy atom. The molecule has 1 aromatic carbocycles. The number of hydrogen-bond donors (Lipinski definition) is 4. The first-order valence-electron chi connectivity index (χ1n) is 18.9. The minimum Gasteiger partial charge on any atom is -0.496 e. The van der Waals surface area contributed by atoms with Crippen LogP contribution in [0.4, 0.5) is 10.6 Å². The molecule has 3 heterocycles. The van der Waals surface area contributed by atoms with Crippen molar-refractivity contribution in [3.63, 3.8) is 0 Å². The number of carbonyl (C=O) groups is 4. The van der Waals surface area contributed by atoms with Crippen molar-refractivity contribution in [2.75, 3.05) is 19.0 Å². The molecule has 4 N–H and O–H groups in total. The summed E-state index contributed by atoms with van der Waals surface area (Å²) in [5, 5.41) is 22.2. The Hall–Kier alpha value is -4.92. The third-order valence-corrected chi connectivity index (χ3v) is 11.5. The van der Waals surface area contributed by atoms with Crippen LogP contribution in [0.3, 0.4) is 0 Å². The molecule has 0 spiro atoms. The first kappa shape index (κ1) is 39.8. The molecule has 2 aromatic heterocycles. The highest BCUT2D eigenvalue weighted by Gasteiger charge is 2.61. The molecule has 55 heavy (non-hydrogen) atoms. The number of amides is 3. The molecule has 6 rings (SSSR count). The fraction of sp³-hybridized carbons (Fsp3) is 0.550. The van der Waals surface area contributed by atoms with Gasteiger partial charge < -0.3 is 40.2 Å². The zero-order chi connectivity index (χ0) is 39.8. The molecule has 1 saturated heterocycles. The number of fused-ring (bicyclic) bond motifs is 1. The van der Waals surface area contributed by atoms with E-state index >= 15 is 0 Å². The van der Waals surface area contributed by atoms with Crippen molar-refractivity contribution >= 4 is 51.9 Å². The number of likely N-dealkylation sites (tertiary alicyclic amines) is 1. The molecule has 296 valence electrons. The summed E-state index contributed by atoms with van der Waals surface area (Å²) in [6, 6.07) is 3.52. The van der Waals surface area contributed by atoms with Gasteiger partial charge >= 0.3 is 12.1 Å². The van der Waals surface area contributed by atoms with Gasteiger partial charge in [-0.1, -0.05) is 26.8 Å². The fourth-order valence-corrected chi connectivity index (χ4v) is 8.28. The zero-order valence-corrected chi connectivity index (χ0v) is 33.4. The molecular weight excluding hydrogens is 725 g/mol. The average Bonchev–Trinajstić information content (AvgIpc) is 3.53. The standard InChI is InChI=1S/C40H52N6O8S/c1-9-23-18-40(23,37(49)50)45-34(47)28-16-25(19-46(28)36(48)33(39(5,6)7)44-38(51)54-24-12-10-11-13-24)53-30-17-27(35-43-31(20-55-35)41-21(2)3)42-32-22(4)29(52-8)15-14-26(30)32/h9,14-15,17,20-21,23-25,28,33,41H,1,10-13,16,18-19H2,2-8H3,(H,44,51)(H,45,47)(H,49,50)/t23-,25-,28+,33-,40-/m1/s1. The second kappa shape index (κ2) is 15.7. The minimum atomic E-state index is -1.51. The van der Waals surface area contributed by atoms with Gasteiger partial charge in [0.05, 0.1) is 19.2 Å². The van der Waals surface area contributed by atoms with Crippen molar-refractivity contribution < 1.29 is 38.5 Å². The zero-order valence-electron chi connectivity index (χ0n) is 32.6. The molecule has 1 aliphatic heterocycles. The molecule has 3 amide bonds. The summed E-state index contributed by atoms with van der Waals surface area (Å²) in [5.74, 6) is -0.907. The Bertz CT molecular complexity index is 1970. The molecule has 5 atom stereocenters. The number of thiazole rings is 1. The summed E-state index contributed by atoms with van der Waals surface area (Å²) in [4.78, 5) is 65.4. The van der Waals surface area contributed by atoms with Crippen LogP contribution in [0.25, 0.3) is 21.6 Å². The summed E-state index contributed by atoms with van der Waals surface area (Å²) >= 11 is 1.44. The number of benzene rings is 1. The Kier molecular flexibility index (Phi) is 11.3. The maximum absolute atomic E-state index is 14.6. The van der Waals surface area contributed by atoms with E-state index in [4.69, 9.17) is 24.2 Å². The number of aryl methyl sites for hydroxylation is 1. The van der Waals surface area contributed by atoms with E-state index in [1.165, 1.54) is 22.3 Å².